The number of rotatable bonds is 3. The van der Waals surface area contributed by atoms with Crippen LogP contribution in [-0.4, -0.2) is 10.8 Å². The van der Waals surface area contributed by atoms with Crippen LogP contribution < -0.4 is 0 Å². The molecule has 0 amide bonds. The van der Waals surface area contributed by atoms with Crippen molar-refractivity contribution in [2.24, 2.45) is 0 Å². The van der Waals surface area contributed by atoms with E-state index >= 15 is 0 Å². The molecule has 1 aromatic carbocycles. The number of aromatic nitrogens is 1. The molecule has 0 aliphatic rings. The molecule has 0 bridgehead atoms. The Kier molecular flexibility index (Phi) is 3.71. The minimum atomic E-state index is -4.38. The first-order valence-electron chi connectivity index (χ1n) is 5.48. The molecule has 1 aromatic heterocycles. The van der Waals surface area contributed by atoms with Crippen LogP contribution in [0.2, 0.25) is 0 Å². The van der Waals surface area contributed by atoms with Crippen LogP contribution in [0.25, 0.3) is 0 Å². The molecule has 0 spiro atoms. The standard InChI is InChI=1S/C13H10F3NOS/c1-8(18)11-7-17-12(19-11)6-9-4-2-3-5-10(9)13(14,15)16/h2-5,7H,6H2,1H3. The van der Waals surface area contributed by atoms with Crippen molar-refractivity contribution in [3.63, 3.8) is 0 Å². The van der Waals surface area contributed by atoms with Gasteiger partial charge in [0.2, 0.25) is 0 Å². The smallest absolute Gasteiger partial charge is 0.294 e. The Bertz CT molecular complexity index is 604. The lowest BCUT2D eigenvalue weighted by molar-refractivity contribution is -0.138. The zero-order valence-corrected chi connectivity index (χ0v) is 10.8. The first-order valence-corrected chi connectivity index (χ1v) is 6.30. The average Bonchev–Trinajstić information content (AvgIpc) is 2.77. The van der Waals surface area contributed by atoms with Crippen molar-refractivity contribution < 1.29 is 18.0 Å². The number of ketones is 1. The molecule has 100 valence electrons. The van der Waals surface area contributed by atoms with E-state index in [1.165, 1.54) is 25.3 Å². The molecular formula is C13H10F3NOS. The van der Waals surface area contributed by atoms with E-state index in [1.54, 1.807) is 6.07 Å². The van der Waals surface area contributed by atoms with Crippen molar-refractivity contribution in [1.82, 2.24) is 4.98 Å². The van der Waals surface area contributed by atoms with Crippen LogP contribution >= 0.6 is 11.3 Å². The zero-order chi connectivity index (χ0) is 14.0. The van der Waals surface area contributed by atoms with Crippen LogP contribution in [0.1, 0.15) is 32.7 Å². The lowest BCUT2D eigenvalue weighted by Gasteiger charge is -2.11. The van der Waals surface area contributed by atoms with E-state index < -0.39 is 11.7 Å². The predicted octanol–water partition coefficient (Wildman–Crippen LogP) is 3.96. The van der Waals surface area contributed by atoms with Gasteiger partial charge in [0, 0.05) is 19.5 Å². The monoisotopic (exact) mass is 285 g/mol. The second kappa shape index (κ2) is 5.13. The summed E-state index contributed by atoms with van der Waals surface area (Å²) < 4.78 is 38.4. The summed E-state index contributed by atoms with van der Waals surface area (Å²) in [6.07, 6.45) is -2.90. The van der Waals surface area contributed by atoms with E-state index in [1.807, 2.05) is 0 Å². The number of carbonyl (C=O) groups is 1. The molecule has 0 unspecified atom stereocenters. The quantitative estimate of drug-likeness (QED) is 0.799. The maximum Gasteiger partial charge on any atom is 0.416 e. The summed E-state index contributed by atoms with van der Waals surface area (Å²) in [5, 5.41) is 0.502. The van der Waals surface area contributed by atoms with Crippen molar-refractivity contribution in [1.29, 1.82) is 0 Å². The summed E-state index contributed by atoms with van der Waals surface area (Å²) >= 11 is 1.13. The van der Waals surface area contributed by atoms with Gasteiger partial charge in [-0.15, -0.1) is 11.3 Å². The fraction of sp³-hybridized carbons (Fsp3) is 0.231. The Balaban J connectivity index is 2.30. The van der Waals surface area contributed by atoms with Crippen LogP contribution in [0.3, 0.4) is 0 Å². The second-order valence-electron chi connectivity index (χ2n) is 4.01. The zero-order valence-electron chi connectivity index (χ0n) is 9.99. The van der Waals surface area contributed by atoms with Gasteiger partial charge in [0.15, 0.2) is 5.78 Å². The molecule has 2 rings (SSSR count). The fourth-order valence-electron chi connectivity index (χ4n) is 1.67. The number of hydrogen-bond acceptors (Lipinski definition) is 3. The molecule has 0 saturated carbocycles. The van der Waals surface area contributed by atoms with E-state index in [-0.39, 0.29) is 17.8 Å². The van der Waals surface area contributed by atoms with Crippen molar-refractivity contribution in [3.8, 4) is 0 Å². The van der Waals surface area contributed by atoms with Crippen LogP contribution in [0.4, 0.5) is 13.2 Å². The number of alkyl halides is 3. The predicted molar refractivity (Wildman–Crippen MR) is 66.4 cm³/mol. The Morgan fingerprint density at radius 3 is 2.58 bits per heavy atom. The second-order valence-corrected chi connectivity index (χ2v) is 5.12. The Morgan fingerprint density at radius 2 is 2.00 bits per heavy atom. The highest BCUT2D eigenvalue weighted by Crippen LogP contribution is 2.33. The van der Waals surface area contributed by atoms with Crippen LogP contribution in [-0.2, 0) is 12.6 Å². The summed E-state index contributed by atoms with van der Waals surface area (Å²) in [6, 6.07) is 5.39. The summed E-state index contributed by atoms with van der Waals surface area (Å²) in [5.74, 6) is -0.132. The average molecular weight is 285 g/mol. The van der Waals surface area contributed by atoms with Gasteiger partial charge in [-0.1, -0.05) is 18.2 Å². The highest BCUT2D eigenvalue weighted by Gasteiger charge is 2.32. The SMILES string of the molecule is CC(=O)c1cnc(Cc2ccccc2C(F)(F)F)s1. The van der Waals surface area contributed by atoms with Gasteiger partial charge in [-0.2, -0.15) is 13.2 Å². The minimum absolute atomic E-state index is 0.0770. The maximum atomic E-state index is 12.8. The summed E-state index contributed by atoms with van der Waals surface area (Å²) in [6.45, 7) is 1.40. The highest BCUT2D eigenvalue weighted by atomic mass is 32.1. The minimum Gasteiger partial charge on any atom is -0.294 e. The third-order valence-electron chi connectivity index (χ3n) is 2.56. The summed E-state index contributed by atoms with van der Waals surface area (Å²) in [7, 11) is 0. The molecule has 0 aliphatic carbocycles. The van der Waals surface area contributed by atoms with Gasteiger partial charge in [0.25, 0.3) is 0 Å². The molecule has 2 aromatic rings. The van der Waals surface area contributed by atoms with Crippen molar-refractivity contribution in [2.45, 2.75) is 19.5 Å². The number of hydrogen-bond donors (Lipinski definition) is 0. The number of carbonyl (C=O) groups excluding carboxylic acids is 1. The topological polar surface area (TPSA) is 30.0 Å². The lowest BCUT2D eigenvalue weighted by atomic mass is 10.0. The fourth-order valence-corrected chi connectivity index (χ4v) is 2.50. The molecule has 0 atom stereocenters. The van der Waals surface area contributed by atoms with Crippen LogP contribution in [0.5, 0.6) is 0 Å². The highest BCUT2D eigenvalue weighted by molar-refractivity contribution is 7.13. The number of halogens is 3. The van der Waals surface area contributed by atoms with E-state index in [0.29, 0.717) is 9.88 Å². The molecule has 0 radical (unpaired) electrons. The molecule has 2 nitrogen and oxygen atoms in total. The van der Waals surface area contributed by atoms with Gasteiger partial charge in [-0.25, -0.2) is 4.98 Å². The van der Waals surface area contributed by atoms with Gasteiger partial charge < -0.3 is 0 Å². The van der Waals surface area contributed by atoms with Gasteiger partial charge in [0.05, 0.1) is 15.4 Å². The Morgan fingerprint density at radius 1 is 1.32 bits per heavy atom. The number of benzene rings is 1. The van der Waals surface area contributed by atoms with E-state index in [0.717, 1.165) is 17.4 Å². The first kappa shape index (κ1) is 13.7. The van der Waals surface area contributed by atoms with Crippen molar-refractivity contribution >= 4 is 17.1 Å². The van der Waals surface area contributed by atoms with Crippen molar-refractivity contribution in [3.05, 3.63) is 51.5 Å². The van der Waals surface area contributed by atoms with E-state index in [4.69, 9.17) is 0 Å². The van der Waals surface area contributed by atoms with Gasteiger partial charge in [-0.3, -0.25) is 4.79 Å². The number of nitrogens with zero attached hydrogens (tertiary/aromatic N) is 1. The van der Waals surface area contributed by atoms with Crippen LogP contribution in [0, 0.1) is 0 Å². The summed E-state index contributed by atoms with van der Waals surface area (Å²) in [5.41, 5.74) is -0.492. The molecule has 0 N–H and O–H groups in total. The molecule has 6 heteroatoms. The molecule has 0 saturated heterocycles. The molecule has 0 fully saturated rings. The first-order chi connectivity index (χ1) is 8.88. The van der Waals surface area contributed by atoms with E-state index in [9.17, 15) is 18.0 Å². The van der Waals surface area contributed by atoms with E-state index in [2.05, 4.69) is 4.98 Å². The normalized spacial score (nSPS) is 11.6. The molecule has 1 heterocycles. The maximum absolute atomic E-state index is 12.8. The van der Waals surface area contributed by atoms with Crippen LogP contribution in [0.15, 0.2) is 30.5 Å². The third kappa shape index (κ3) is 3.20. The van der Waals surface area contributed by atoms with Gasteiger partial charge >= 0.3 is 6.18 Å². The largest absolute Gasteiger partial charge is 0.416 e. The number of thiazole rings is 1. The Hall–Kier alpha value is -1.69. The lowest BCUT2D eigenvalue weighted by Crippen LogP contribution is -2.09. The van der Waals surface area contributed by atoms with Gasteiger partial charge in [0.1, 0.15) is 0 Å². The van der Waals surface area contributed by atoms with Crippen molar-refractivity contribution in [2.75, 3.05) is 0 Å². The molecule has 19 heavy (non-hydrogen) atoms. The summed E-state index contributed by atoms with van der Waals surface area (Å²) in [4.78, 5) is 15.6. The van der Waals surface area contributed by atoms with Gasteiger partial charge in [-0.05, 0) is 11.6 Å². The molecular weight excluding hydrogens is 275 g/mol. The molecule has 0 aliphatic heterocycles. The third-order valence-corrected chi connectivity index (χ3v) is 3.66. The Labute approximate surface area is 111 Å². The number of Topliss-reactive ketones (excluding diaryl/α,β-unsaturated/α-hetero) is 1.